The Morgan fingerprint density at radius 2 is 1.76 bits per heavy atom. The SMILES string of the molecule is COc1ccc(S(=O)(=O)N2CCN(Cc3ccncc3C)CC2)cc1. The minimum atomic E-state index is -3.45. The third-order valence-electron chi connectivity index (χ3n) is 4.56. The predicted molar refractivity (Wildman–Crippen MR) is 96.0 cm³/mol. The molecule has 3 rings (SSSR count). The number of ether oxygens (including phenoxy) is 1. The topological polar surface area (TPSA) is 62.7 Å². The maximum absolute atomic E-state index is 12.8. The molecule has 1 aromatic heterocycles. The highest BCUT2D eigenvalue weighted by atomic mass is 32.2. The van der Waals surface area contributed by atoms with Crippen LogP contribution in [0.25, 0.3) is 0 Å². The fraction of sp³-hybridized carbons (Fsp3) is 0.389. The maximum Gasteiger partial charge on any atom is 0.243 e. The molecule has 0 unspecified atom stereocenters. The number of aromatic nitrogens is 1. The average Bonchev–Trinajstić information content (AvgIpc) is 2.64. The lowest BCUT2D eigenvalue weighted by atomic mass is 10.1. The fourth-order valence-electron chi connectivity index (χ4n) is 2.95. The second-order valence-corrected chi connectivity index (χ2v) is 8.10. The Morgan fingerprint density at radius 3 is 2.36 bits per heavy atom. The fourth-order valence-corrected chi connectivity index (χ4v) is 4.37. The number of nitrogens with zero attached hydrogens (tertiary/aromatic N) is 3. The first-order chi connectivity index (χ1) is 12.0. The maximum atomic E-state index is 12.8. The highest BCUT2D eigenvalue weighted by Crippen LogP contribution is 2.21. The van der Waals surface area contributed by atoms with E-state index in [2.05, 4.69) is 9.88 Å². The van der Waals surface area contributed by atoms with Gasteiger partial charge in [0.25, 0.3) is 0 Å². The van der Waals surface area contributed by atoms with Gasteiger partial charge in [0, 0.05) is 45.1 Å². The van der Waals surface area contributed by atoms with E-state index in [1.807, 2.05) is 19.2 Å². The van der Waals surface area contributed by atoms with E-state index in [1.54, 1.807) is 41.9 Å². The second kappa shape index (κ2) is 7.51. The van der Waals surface area contributed by atoms with E-state index in [0.717, 1.165) is 25.2 Å². The van der Waals surface area contributed by atoms with E-state index in [9.17, 15) is 8.42 Å². The van der Waals surface area contributed by atoms with Crippen molar-refractivity contribution in [2.45, 2.75) is 18.4 Å². The molecule has 6 nitrogen and oxygen atoms in total. The number of piperazine rings is 1. The largest absolute Gasteiger partial charge is 0.497 e. The van der Waals surface area contributed by atoms with Crippen LogP contribution in [0.5, 0.6) is 5.75 Å². The van der Waals surface area contributed by atoms with Crippen LogP contribution in [0.1, 0.15) is 11.1 Å². The lowest BCUT2D eigenvalue weighted by Crippen LogP contribution is -2.48. The van der Waals surface area contributed by atoms with Crippen LogP contribution in [0.15, 0.2) is 47.6 Å². The number of hydrogen-bond acceptors (Lipinski definition) is 5. The van der Waals surface area contributed by atoms with Gasteiger partial charge in [-0.05, 0) is 48.4 Å². The molecule has 2 aromatic rings. The number of pyridine rings is 1. The molecular weight excluding hydrogens is 338 g/mol. The van der Waals surface area contributed by atoms with Gasteiger partial charge in [-0.3, -0.25) is 9.88 Å². The molecule has 0 saturated carbocycles. The summed E-state index contributed by atoms with van der Waals surface area (Å²) in [6, 6.07) is 8.57. The molecule has 0 N–H and O–H groups in total. The molecule has 7 heteroatoms. The van der Waals surface area contributed by atoms with Crippen molar-refractivity contribution in [3.8, 4) is 5.75 Å². The summed E-state index contributed by atoms with van der Waals surface area (Å²) in [6.07, 6.45) is 3.66. The third kappa shape index (κ3) is 4.00. The van der Waals surface area contributed by atoms with E-state index < -0.39 is 10.0 Å². The molecule has 25 heavy (non-hydrogen) atoms. The number of aryl methyl sites for hydroxylation is 1. The van der Waals surface area contributed by atoms with Crippen LogP contribution >= 0.6 is 0 Å². The number of sulfonamides is 1. The van der Waals surface area contributed by atoms with E-state index in [1.165, 1.54) is 5.56 Å². The highest BCUT2D eigenvalue weighted by molar-refractivity contribution is 7.89. The Labute approximate surface area is 149 Å². The molecule has 134 valence electrons. The molecule has 1 aliphatic heterocycles. The van der Waals surface area contributed by atoms with Gasteiger partial charge in [-0.2, -0.15) is 4.31 Å². The molecule has 1 fully saturated rings. The lowest BCUT2D eigenvalue weighted by Gasteiger charge is -2.34. The van der Waals surface area contributed by atoms with E-state index in [0.29, 0.717) is 23.7 Å². The van der Waals surface area contributed by atoms with Crippen LogP contribution in [0, 0.1) is 6.92 Å². The Bertz CT molecular complexity index is 814. The zero-order valence-electron chi connectivity index (χ0n) is 14.6. The third-order valence-corrected chi connectivity index (χ3v) is 6.47. The summed E-state index contributed by atoms with van der Waals surface area (Å²) >= 11 is 0. The van der Waals surface area contributed by atoms with E-state index in [4.69, 9.17) is 4.74 Å². The Hall–Kier alpha value is -1.96. The van der Waals surface area contributed by atoms with Crippen molar-refractivity contribution in [1.82, 2.24) is 14.2 Å². The summed E-state index contributed by atoms with van der Waals surface area (Å²) in [5, 5.41) is 0. The summed E-state index contributed by atoms with van der Waals surface area (Å²) in [5.74, 6) is 0.650. The first-order valence-corrected chi connectivity index (χ1v) is 9.71. The van der Waals surface area contributed by atoms with Gasteiger partial charge in [0.2, 0.25) is 10.0 Å². The average molecular weight is 361 g/mol. The van der Waals surface area contributed by atoms with Gasteiger partial charge in [-0.15, -0.1) is 0 Å². The van der Waals surface area contributed by atoms with Crippen molar-refractivity contribution >= 4 is 10.0 Å². The Kier molecular flexibility index (Phi) is 5.36. The minimum absolute atomic E-state index is 0.312. The van der Waals surface area contributed by atoms with Gasteiger partial charge in [0.1, 0.15) is 5.75 Å². The van der Waals surface area contributed by atoms with Crippen molar-refractivity contribution in [2.75, 3.05) is 33.3 Å². The predicted octanol–water partition coefficient (Wildman–Crippen LogP) is 1.91. The minimum Gasteiger partial charge on any atom is -0.497 e. The van der Waals surface area contributed by atoms with Gasteiger partial charge >= 0.3 is 0 Å². The summed E-state index contributed by atoms with van der Waals surface area (Å²) in [5.41, 5.74) is 2.40. The molecule has 0 bridgehead atoms. The Balaban J connectivity index is 1.64. The molecule has 2 heterocycles. The van der Waals surface area contributed by atoms with Gasteiger partial charge in [-0.25, -0.2) is 8.42 Å². The standard InChI is InChI=1S/C18H23N3O3S/c1-15-13-19-8-7-16(15)14-20-9-11-21(12-10-20)25(22,23)18-5-3-17(24-2)4-6-18/h3-8,13H,9-12,14H2,1-2H3. The highest BCUT2D eigenvalue weighted by Gasteiger charge is 2.28. The zero-order chi connectivity index (χ0) is 17.9. The van der Waals surface area contributed by atoms with Crippen LogP contribution < -0.4 is 4.74 Å². The molecule has 0 aliphatic carbocycles. The number of benzene rings is 1. The van der Waals surface area contributed by atoms with Crippen molar-refractivity contribution in [3.63, 3.8) is 0 Å². The smallest absolute Gasteiger partial charge is 0.243 e. The number of hydrogen-bond donors (Lipinski definition) is 0. The monoisotopic (exact) mass is 361 g/mol. The molecular formula is C18H23N3O3S. The van der Waals surface area contributed by atoms with Gasteiger partial charge in [-0.1, -0.05) is 0 Å². The van der Waals surface area contributed by atoms with Crippen LogP contribution in [-0.2, 0) is 16.6 Å². The van der Waals surface area contributed by atoms with Crippen molar-refractivity contribution < 1.29 is 13.2 Å². The number of rotatable bonds is 5. The van der Waals surface area contributed by atoms with E-state index in [-0.39, 0.29) is 0 Å². The van der Waals surface area contributed by atoms with Crippen LogP contribution in [-0.4, -0.2) is 55.9 Å². The normalized spacial score (nSPS) is 16.7. The van der Waals surface area contributed by atoms with Crippen molar-refractivity contribution in [2.24, 2.45) is 0 Å². The Morgan fingerprint density at radius 1 is 1.08 bits per heavy atom. The molecule has 0 atom stereocenters. The molecule has 0 amide bonds. The lowest BCUT2D eigenvalue weighted by molar-refractivity contribution is 0.181. The summed E-state index contributed by atoms with van der Waals surface area (Å²) in [7, 11) is -1.89. The quantitative estimate of drug-likeness (QED) is 0.814. The first kappa shape index (κ1) is 17.8. The molecule has 1 aliphatic rings. The number of methoxy groups -OCH3 is 1. The van der Waals surface area contributed by atoms with Gasteiger partial charge < -0.3 is 4.74 Å². The zero-order valence-corrected chi connectivity index (χ0v) is 15.4. The summed E-state index contributed by atoms with van der Waals surface area (Å²) in [6.45, 7) is 5.31. The second-order valence-electron chi connectivity index (χ2n) is 6.16. The molecule has 1 saturated heterocycles. The van der Waals surface area contributed by atoms with Crippen molar-refractivity contribution in [3.05, 3.63) is 53.9 Å². The first-order valence-electron chi connectivity index (χ1n) is 8.27. The molecule has 0 spiro atoms. The molecule has 0 radical (unpaired) electrons. The van der Waals surface area contributed by atoms with Crippen molar-refractivity contribution in [1.29, 1.82) is 0 Å². The van der Waals surface area contributed by atoms with E-state index >= 15 is 0 Å². The van der Waals surface area contributed by atoms with Crippen LogP contribution in [0.2, 0.25) is 0 Å². The van der Waals surface area contributed by atoms with Crippen LogP contribution in [0.4, 0.5) is 0 Å². The van der Waals surface area contributed by atoms with Gasteiger partial charge in [0.05, 0.1) is 12.0 Å². The molecule has 1 aromatic carbocycles. The summed E-state index contributed by atoms with van der Waals surface area (Å²) < 4.78 is 32.2. The van der Waals surface area contributed by atoms with Gasteiger partial charge in [0.15, 0.2) is 0 Å². The summed E-state index contributed by atoms with van der Waals surface area (Å²) in [4.78, 5) is 6.71. The van der Waals surface area contributed by atoms with Crippen LogP contribution in [0.3, 0.4) is 0 Å².